The molecule has 1 heterocycles. The number of hydrogen-bond acceptors (Lipinski definition) is 2. The Hall–Kier alpha value is -1.54. The number of thiophene rings is 1. The van der Waals surface area contributed by atoms with Gasteiger partial charge >= 0.3 is 0 Å². The van der Waals surface area contributed by atoms with Crippen molar-refractivity contribution in [1.82, 2.24) is 0 Å². The molecule has 3 aromatic rings. The molecule has 0 aliphatic carbocycles. The molecule has 15 heavy (non-hydrogen) atoms. The van der Waals surface area contributed by atoms with Gasteiger partial charge in [-0.15, -0.1) is 11.3 Å². The topological polar surface area (TPSA) is 26.0 Å². The van der Waals surface area contributed by atoms with Gasteiger partial charge in [-0.1, -0.05) is 18.2 Å². The van der Waals surface area contributed by atoms with Gasteiger partial charge in [-0.05, 0) is 30.7 Å². The Morgan fingerprint density at radius 1 is 1.00 bits per heavy atom. The number of fused-ring (bicyclic) bond motifs is 3. The zero-order chi connectivity index (χ0) is 10.4. The molecule has 0 saturated heterocycles. The van der Waals surface area contributed by atoms with Gasteiger partial charge in [0.15, 0.2) is 0 Å². The highest BCUT2D eigenvalue weighted by Gasteiger charge is 2.05. The fraction of sp³-hybridized carbons (Fsp3) is 0.0769. The molecule has 2 heteroatoms. The van der Waals surface area contributed by atoms with E-state index in [0.29, 0.717) is 0 Å². The summed E-state index contributed by atoms with van der Waals surface area (Å²) in [5, 5.41) is 2.59. The fourth-order valence-corrected chi connectivity index (χ4v) is 3.08. The lowest BCUT2D eigenvalue weighted by molar-refractivity contribution is 1.51. The van der Waals surface area contributed by atoms with Crippen LogP contribution >= 0.6 is 11.3 Å². The Kier molecular flexibility index (Phi) is 1.73. The van der Waals surface area contributed by atoms with Gasteiger partial charge in [-0.3, -0.25) is 0 Å². The minimum Gasteiger partial charge on any atom is -0.398 e. The van der Waals surface area contributed by atoms with Crippen molar-refractivity contribution in [3.63, 3.8) is 0 Å². The first kappa shape index (κ1) is 8.74. The summed E-state index contributed by atoms with van der Waals surface area (Å²) < 4.78 is 2.65. The molecule has 0 aliphatic rings. The number of nitrogen functional groups attached to an aromatic ring is 1. The quantitative estimate of drug-likeness (QED) is 0.562. The Morgan fingerprint density at radius 3 is 2.67 bits per heavy atom. The summed E-state index contributed by atoms with van der Waals surface area (Å²) in [6.45, 7) is 2.05. The highest BCUT2D eigenvalue weighted by Crippen LogP contribution is 2.35. The van der Waals surface area contributed by atoms with Crippen LogP contribution in [-0.4, -0.2) is 0 Å². The molecular formula is C13H11NS. The number of aryl methyl sites for hydroxylation is 1. The van der Waals surface area contributed by atoms with Crippen molar-refractivity contribution in [2.24, 2.45) is 0 Å². The second-order valence-electron chi connectivity index (χ2n) is 3.80. The van der Waals surface area contributed by atoms with Crippen LogP contribution in [0.4, 0.5) is 5.69 Å². The van der Waals surface area contributed by atoms with Gasteiger partial charge in [-0.2, -0.15) is 0 Å². The summed E-state index contributed by atoms with van der Waals surface area (Å²) in [5.41, 5.74) is 7.98. The summed E-state index contributed by atoms with van der Waals surface area (Å²) in [5.74, 6) is 0. The zero-order valence-corrected chi connectivity index (χ0v) is 9.27. The Balaban J connectivity index is 2.56. The van der Waals surface area contributed by atoms with Gasteiger partial charge in [0.1, 0.15) is 0 Å². The third-order valence-electron chi connectivity index (χ3n) is 2.77. The lowest BCUT2D eigenvalue weighted by Crippen LogP contribution is -1.87. The molecule has 0 spiro atoms. The van der Waals surface area contributed by atoms with Crippen LogP contribution < -0.4 is 5.73 Å². The van der Waals surface area contributed by atoms with E-state index in [1.807, 2.05) is 11.3 Å². The van der Waals surface area contributed by atoms with Crippen molar-refractivity contribution in [1.29, 1.82) is 0 Å². The smallest absolute Gasteiger partial charge is 0.0359 e. The number of nitrogens with two attached hydrogens (primary N) is 1. The molecule has 74 valence electrons. The molecule has 1 aromatic heterocycles. The minimum absolute atomic E-state index is 0.881. The van der Waals surface area contributed by atoms with E-state index in [1.54, 1.807) is 0 Å². The zero-order valence-electron chi connectivity index (χ0n) is 8.45. The van der Waals surface area contributed by atoms with Gasteiger partial charge < -0.3 is 5.73 Å². The van der Waals surface area contributed by atoms with Crippen LogP contribution in [0, 0.1) is 6.92 Å². The van der Waals surface area contributed by atoms with E-state index in [1.165, 1.54) is 20.2 Å². The molecule has 0 unspecified atom stereocenters. The monoisotopic (exact) mass is 213 g/mol. The molecule has 3 rings (SSSR count). The van der Waals surface area contributed by atoms with Crippen LogP contribution in [0.3, 0.4) is 0 Å². The molecule has 0 radical (unpaired) electrons. The Labute approximate surface area is 92.1 Å². The molecule has 0 fully saturated rings. The molecule has 0 aliphatic heterocycles. The van der Waals surface area contributed by atoms with Crippen LogP contribution in [0.25, 0.3) is 20.2 Å². The van der Waals surface area contributed by atoms with Gasteiger partial charge in [0.05, 0.1) is 0 Å². The summed E-state index contributed by atoms with van der Waals surface area (Å²) in [6, 6.07) is 12.7. The summed E-state index contributed by atoms with van der Waals surface area (Å²) >= 11 is 1.83. The van der Waals surface area contributed by atoms with Crippen molar-refractivity contribution >= 4 is 37.2 Å². The van der Waals surface area contributed by atoms with Crippen molar-refractivity contribution in [3.05, 3.63) is 42.0 Å². The van der Waals surface area contributed by atoms with Crippen molar-refractivity contribution in [3.8, 4) is 0 Å². The average molecular weight is 213 g/mol. The first-order chi connectivity index (χ1) is 7.25. The SMILES string of the molecule is Cc1cc2sc3ccccc3c2cc1N. The van der Waals surface area contributed by atoms with E-state index < -0.39 is 0 Å². The molecule has 0 saturated carbocycles. The van der Waals surface area contributed by atoms with E-state index in [9.17, 15) is 0 Å². The van der Waals surface area contributed by atoms with E-state index in [4.69, 9.17) is 5.73 Å². The predicted molar refractivity (Wildman–Crippen MR) is 68.5 cm³/mol. The number of benzene rings is 2. The van der Waals surface area contributed by atoms with Crippen LogP contribution in [-0.2, 0) is 0 Å². The molecule has 0 bridgehead atoms. The van der Waals surface area contributed by atoms with E-state index in [-0.39, 0.29) is 0 Å². The number of rotatable bonds is 0. The van der Waals surface area contributed by atoms with Crippen LogP contribution in [0.15, 0.2) is 36.4 Å². The maximum Gasteiger partial charge on any atom is 0.0359 e. The molecule has 2 N–H and O–H groups in total. The lowest BCUT2D eigenvalue weighted by Gasteiger charge is -1.99. The lowest BCUT2D eigenvalue weighted by atomic mass is 10.1. The van der Waals surface area contributed by atoms with E-state index >= 15 is 0 Å². The second-order valence-corrected chi connectivity index (χ2v) is 4.89. The normalized spacial score (nSPS) is 11.3. The van der Waals surface area contributed by atoms with Crippen molar-refractivity contribution in [2.45, 2.75) is 6.92 Å². The summed E-state index contributed by atoms with van der Waals surface area (Å²) in [7, 11) is 0. The van der Waals surface area contributed by atoms with Crippen LogP contribution in [0.2, 0.25) is 0 Å². The maximum atomic E-state index is 5.94. The van der Waals surface area contributed by atoms with Crippen molar-refractivity contribution < 1.29 is 0 Å². The Bertz CT molecular complexity index is 652. The predicted octanol–water partition coefficient (Wildman–Crippen LogP) is 3.95. The highest BCUT2D eigenvalue weighted by atomic mass is 32.1. The molecule has 1 nitrogen and oxygen atoms in total. The molecule has 2 aromatic carbocycles. The average Bonchev–Trinajstić information content (AvgIpc) is 2.57. The van der Waals surface area contributed by atoms with E-state index in [2.05, 4.69) is 43.3 Å². The second kappa shape index (κ2) is 2.97. The van der Waals surface area contributed by atoms with Gasteiger partial charge in [0.25, 0.3) is 0 Å². The maximum absolute atomic E-state index is 5.94. The summed E-state index contributed by atoms with van der Waals surface area (Å²) in [4.78, 5) is 0. The molecular weight excluding hydrogens is 202 g/mol. The molecule has 0 atom stereocenters. The number of hydrogen-bond donors (Lipinski definition) is 1. The van der Waals surface area contributed by atoms with Gasteiger partial charge in [0, 0.05) is 25.9 Å². The largest absolute Gasteiger partial charge is 0.398 e. The van der Waals surface area contributed by atoms with Crippen molar-refractivity contribution in [2.75, 3.05) is 5.73 Å². The first-order valence-corrected chi connectivity index (χ1v) is 5.75. The fourth-order valence-electron chi connectivity index (χ4n) is 1.89. The third kappa shape index (κ3) is 1.22. The molecule has 0 amide bonds. The van der Waals surface area contributed by atoms with Gasteiger partial charge in [0.2, 0.25) is 0 Å². The van der Waals surface area contributed by atoms with Crippen LogP contribution in [0.1, 0.15) is 5.56 Å². The Morgan fingerprint density at radius 2 is 1.80 bits per heavy atom. The van der Waals surface area contributed by atoms with Crippen LogP contribution in [0.5, 0.6) is 0 Å². The minimum atomic E-state index is 0.881. The van der Waals surface area contributed by atoms with Gasteiger partial charge in [-0.25, -0.2) is 0 Å². The van der Waals surface area contributed by atoms with E-state index in [0.717, 1.165) is 11.3 Å². The summed E-state index contributed by atoms with van der Waals surface area (Å²) in [6.07, 6.45) is 0. The number of anilines is 1. The third-order valence-corrected chi connectivity index (χ3v) is 3.90. The highest BCUT2D eigenvalue weighted by molar-refractivity contribution is 7.25. The first-order valence-electron chi connectivity index (χ1n) is 4.93. The standard InChI is InChI=1S/C13H11NS/c1-8-6-13-10(7-11(8)14)9-4-2-3-5-12(9)15-13/h2-7H,14H2,1H3.